The van der Waals surface area contributed by atoms with E-state index in [2.05, 4.69) is 57.2 Å². The van der Waals surface area contributed by atoms with Crippen molar-refractivity contribution in [3.63, 3.8) is 0 Å². The van der Waals surface area contributed by atoms with Crippen LogP contribution < -0.4 is 0 Å². The third kappa shape index (κ3) is 39.9. The van der Waals surface area contributed by atoms with E-state index in [1.54, 1.807) is 0 Å². The van der Waals surface area contributed by atoms with E-state index in [-0.39, 0.29) is 25.9 Å². The number of aliphatic carboxylic acids is 1. The van der Waals surface area contributed by atoms with Crippen LogP contribution in [0.5, 0.6) is 0 Å². The van der Waals surface area contributed by atoms with Crippen molar-refractivity contribution in [3.8, 4) is 0 Å². The Labute approximate surface area is 444 Å². The number of hydrogen-bond donors (Lipinski definition) is 3. The Morgan fingerprint density at radius 2 is 0.822 bits per heavy atom. The Balaban J connectivity index is 2.65. The molecule has 6 unspecified atom stereocenters. The largest absolute Gasteiger partial charge is 0.479 e. The number of aliphatic hydroxyl groups excluding tert-OH is 2. The van der Waals surface area contributed by atoms with Gasteiger partial charge in [-0.15, -0.1) is 0 Å². The Morgan fingerprint density at radius 3 is 1.27 bits per heavy atom. The van der Waals surface area contributed by atoms with Gasteiger partial charge >= 0.3 is 23.9 Å². The SMILES string of the molecule is CCCCC/C=C\C/C=C\CCCCCCCC(=O)OC(COC(=O)CCCCCCCCCCC/C=C\CCCCCCCC)COC1OC(C(=O)O)C(O)C(O)C1OC(=O)CCCCCCCCCCC. The van der Waals surface area contributed by atoms with Crippen LogP contribution in [-0.2, 0) is 42.9 Å². The zero-order valence-corrected chi connectivity index (χ0v) is 46.6. The van der Waals surface area contributed by atoms with Crippen molar-refractivity contribution in [2.45, 2.75) is 314 Å². The highest BCUT2D eigenvalue weighted by Crippen LogP contribution is 2.26. The second kappa shape index (κ2) is 49.8. The van der Waals surface area contributed by atoms with Crippen LogP contribution in [0.25, 0.3) is 0 Å². The van der Waals surface area contributed by atoms with Gasteiger partial charge in [0.25, 0.3) is 0 Å². The minimum Gasteiger partial charge on any atom is -0.479 e. The summed E-state index contributed by atoms with van der Waals surface area (Å²) in [6.07, 6.45) is 45.6. The minimum absolute atomic E-state index is 0.0618. The summed E-state index contributed by atoms with van der Waals surface area (Å²) in [5, 5.41) is 31.4. The highest BCUT2D eigenvalue weighted by molar-refractivity contribution is 5.74. The fourth-order valence-corrected chi connectivity index (χ4v) is 9.04. The fourth-order valence-electron chi connectivity index (χ4n) is 9.04. The Kier molecular flexibility index (Phi) is 46.4. The highest BCUT2D eigenvalue weighted by Gasteiger charge is 2.50. The molecule has 1 rings (SSSR count). The second-order valence-corrected chi connectivity index (χ2v) is 20.6. The number of unbranched alkanes of at least 4 members (excludes halogenated alkanes) is 31. The maximum Gasteiger partial charge on any atom is 0.335 e. The lowest BCUT2D eigenvalue weighted by Gasteiger charge is -2.40. The lowest BCUT2D eigenvalue weighted by molar-refractivity contribution is -0.301. The maximum atomic E-state index is 13.1. The quantitative estimate of drug-likeness (QED) is 0.0228. The number of ether oxygens (including phenoxy) is 5. The van der Waals surface area contributed by atoms with Gasteiger partial charge in [0.2, 0.25) is 0 Å². The summed E-state index contributed by atoms with van der Waals surface area (Å²) >= 11 is 0. The molecule has 0 radical (unpaired) electrons. The molecule has 0 amide bonds. The first-order chi connectivity index (χ1) is 35.6. The van der Waals surface area contributed by atoms with Gasteiger partial charge in [0.1, 0.15) is 18.8 Å². The number of esters is 3. The van der Waals surface area contributed by atoms with Crippen molar-refractivity contribution in [3.05, 3.63) is 36.5 Å². The smallest absolute Gasteiger partial charge is 0.335 e. The molecule has 0 aromatic carbocycles. The normalized spacial score (nSPS) is 18.5. The zero-order chi connectivity index (χ0) is 53.3. The molecule has 1 fully saturated rings. The lowest BCUT2D eigenvalue weighted by Crippen LogP contribution is -2.61. The predicted octanol–water partition coefficient (Wildman–Crippen LogP) is 15.2. The van der Waals surface area contributed by atoms with Crippen molar-refractivity contribution in [2.24, 2.45) is 0 Å². The summed E-state index contributed by atoms with van der Waals surface area (Å²) in [6.45, 7) is 5.93. The average Bonchev–Trinajstić information content (AvgIpc) is 3.37. The third-order valence-corrected chi connectivity index (χ3v) is 13.7. The van der Waals surface area contributed by atoms with Gasteiger partial charge in [0.15, 0.2) is 24.6 Å². The van der Waals surface area contributed by atoms with Crippen molar-refractivity contribution in [1.82, 2.24) is 0 Å². The third-order valence-electron chi connectivity index (χ3n) is 13.7. The van der Waals surface area contributed by atoms with E-state index in [0.29, 0.717) is 19.3 Å². The van der Waals surface area contributed by atoms with Crippen LogP contribution in [0.4, 0.5) is 0 Å². The molecular weight excluding hydrogens is 925 g/mol. The first-order valence-electron chi connectivity index (χ1n) is 30.0. The summed E-state index contributed by atoms with van der Waals surface area (Å²) in [7, 11) is 0. The number of carboxylic acid groups (broad SMARTS) is 1. The molecule has 1 saturated heterocycles. The molecule has 73 heavy (non-hydrogen) atoms. The van der Waals surface area contributed by atoms with E-state index in [0.717, 1.165) is 89.9 Å². The van der Waals surface area contributed by atoms with Crippen LogP contribution in [0.15, 0.2) is 36.5 Å². The van der Waals surface area contributed by atoms with Crippen molar-refractivity contribution in [1.29, 1.82) is 0 Å². The Morgan fingerprint density at radius 1 is 0.452 bits per heavy atom. The van der Waals surface area contributed by atoms with Gasteiger partial charge < -0.3 is 39.0 Å². The van der Waals surface area contributed by atoms with Crippen LogP contribution in [0.1, 0.15) is 278 Å². The van der Waals surface area contributed by atoms with E-state index >= 15 is 0 Å². The minimum atomic E-state index is -1.90. The molecular formula is C61H108O12. The number of hydrogen-bond acceptors (Lipinski definition) is 11. The molecule has 12 nitrogen and oxygen atoms in total. The number of carbonyl (C=O) groups is 4. The number of rotatable bonds is 51. The van der Waals surface area contributed by atoms with Crippen LogP contribution in [0, 0.1) is 0 Å². The molecule has 3 N–H and O–H groups in total. The molecule has 1 aliphatic heterocycles. The summed E-state index contributed by atoms with van der Waals surface area (Å²) < 4.78 is 28.4. The van der Waals surface area contributed by atoms with E-state index in [9.17, 15) is 34.5 Å². The molecule has 12 heteroatoms. The molecule has 1 heterocycles. The Hall–Kier alpha value is -3.06. The molecule has 6 atom stereocenters. The van der Waals surface area contributed by atoms with Crippen molar-refractivity contribution >= 4 is 23.9 Å². The van der Waals surface area contributed by atoms with E-state index < -0.39 is 67.3 Å². The molecule has 0 aromatic heterocycles. The lowest BCUT2D eigenvalue weighted by atomic mass is 9.98. The monoisotopic (exact) mass is 1030 g/mol. The van der Waals surface area contributed by atoms with Crippen LogP contribution >= 0.6 is 0 Å². The predicted molar refractivity (Wildman–Crippen MR) is 294 cm³/mol. The van der Waals surface area contributed by atoms with Crippen LogP contribution in [0.2, 0.25) is 0 Å². The second-order valence-electron chi connectivity index (χ2n) is 20.6. The van der Waals surface area contributed by atoms with Gasteiger partial charge in [-0.05, 0) is 77.0 Å². The van der Waals surface area contributed by atoms with Gasteiger partial charge in [0, 0.05) is 19.3 Å². The van der Waals surface area contributed by atoms with Gasteiger partial charge in [0.05, 0.1) is 6.61 Å². The summed E-state index contributed by atoms with van der Waals surface area (Å²) in [5.74, 6) is -3.12. The summed E-state index contributed by atoms with van der Waals surface area (Å²) in [4.78, 5) is 51.0. The van der Waals surface area contributed by atoms with Crippen molar-refractivity contribution < 1.29 is 58.2 Å². The summed E-state index contributed by atoms with van der Waals surface area (Å²) in [5.41, 5.74) is 0. The standard InChI is InChI=1S/C61H108O12/c1-4-7-10-13-16-19-21-23-25-26-27-28-30-31-33-36-38-41-44-47-53(62)69-50-52(71-54(63)48-45-42-40-37-34-32-29-24-22-20-17-14-11-8-5-2)51-70-61-59(57(66)56(65)58(73-61)60(67)68)72-55(64)49-46-43-39-35-18-15-12-9-6-3/h17,20,23-25,29,52,56-59,61,65-66H,4-16,18-19,21-22,26-28,30-51H2,1-3H3,(H,67,68)/b20-17-,25-23-,29-24-. The van der Waals surface area contributed by atoms with Gasteiger partial charge in [-0.3, -0.25) is 14.4 Å². The van der Waals surface area contributed by atoms with E-state index in [4.69, 9.17) is 23.7 Å². The number of carboxylic acids is 1. The number of carbonyl (C=O) groups excluding carboxylic acids is 3. The fraction of sp³-hybridized carbons (Fsp3) is 0.836. The molecule has 0 bridgehead atoms. The average molecular weight is 1030 g/mol. The molecule has 0 aromatic rings. The zero-order valence-electron chi connectivity index (χ0n) is 46.6. The molecule has 0 aliphatic carbocycles. The molecule has 0 spiro atoms. The number of allylic oxidation sites excluding steroid dienone is 6. The van der Waals surface area contributed by atoms with Crippen LogP contribution in [0.3, 0.4) is 0 Å². The first kappa shape index (κ1) is 68.0. The molecule has 1 aliphatic rings. The summed E-state index contributed by atoms with van der Waals surface area (Å²) in [6, 6.07) is 0. The van der Waals surface area contributed by atoms with E-state index in [1.165, 1.54) is 128 Å². The van der Waals surface area contributed by atoms with Crippen LogP contribution in [-0.4, -0.2) is 89.2 Å². The molecule has 424 valence electrons. The highest BCUT2D eigenvalue weighted by atomic mass is 16.7. The first-order valence-corrected chi connectivity index (χ1v) is 30.0. The maximum absolute atomic E-state index is 13.1. The van der Waals surface area contributed by atoms with Crippen molar-refractivity contribution in [2.75, 3.05) is 13.2 Å². The van der Waals surface area contributed by atoms with Gasteiger partial charge in [-0.1, -0.05) is 218 Å². The topological polar surface area (TPSA) is 175 Å². The van der Waals surface area contributed by atoms with Gasteiger partial charge in [-0.25, -0.2) is 4.79 Å². The Bertz CT molecular complexity index is 1410. The van der Waals surface area contributed by atoms with E-state index in [1.807, 2.05) is 0 Å². The van der Waals surface area contributed by atoms with Gasteiger partial charge in [-0.2, -0.15) is 0 Å². The molecule has 0 saturated carbocycles. The number of aliphatic hydroxyl groups is 2.